The molecule has 2 atom stereocenters. The predicted molar refractivity (Wildman–Crippen MR) is 72.0 cm³/mol. The molecule has 1 amide bonds. The van der Waals surface area contributed by atoms with Crippen LogP contribution >= 0.6 is 11.6 Å². The van der Waals surface area contributed by atoms with Gasteiger partial charge in [0.25, 0.3) is 5.91 Å². The van der Waals surface area contributed by atoms with E-state index < -0.39 is 23.8 Å². The summed E-state index contributed by atoms with van der Waals surface area (Å²) in [6.45, 7) is 0.0601. The summed E-state index contributed by atoms with van der Waals surface area (Å²) in [4.78, 5) is 39.7. The molecule has 0 aliphatic carbocycles. The number of pyridine rings is 1. The molecule has 1 aromatic heterocycles. The van der Waals surface area contributed by atoms with E-state index in [4.69, 9.17) is 21.8 Å². The highest BCUT2D eigenvalue weighted by atomic mass is 35.5. The number of piperidine rings is 1. The minimum Gasteiger partial charge on any atom is -0.481 e. The maximum absolute atomic E-state index is 12.3. The van der Waals surface area contributed by atoms with Crippen molar-refractivity contribution in [3.05, 3.63) is 29.0 Å². The lowest BCUT2D eigenvalue weighted by Crippen LogP contribution is -2.48. The van der Waals surface area contributed by atoms with Gasteiger partial charge >= 0.3 is 11.9 Å². The van der Waals surface area contributed by atoms with Crippen molar-refractivity contribution < 1.29 is 24.6 Å². The highest BCUT2D eigenvalue weighted by Crippen LogP contribution is 2.25. The summed E-state index contributed by atoms with van der Waals surface area (Å²) in [7, 11) is 0. The zero-order valence-corrected chi connectivity index (χ0v) is 11.7. The van der Waals surface area contributed by atoms with E-state index in [2.05, 4.69) is 4.98 Å². The van der Waals surface area contributed by atoms with Gasteiger partial charge in [-0.1, -0.05) is 11.6 Å². The zero-order chi connectivity index (χ0) is 15.6. The van der Waals surface area contributed by atoms with E-state index in [0.717, 1.165) is 0 Å². The van der Waals surface area contributed by atoms with Crippen molar-refractivity contribution in [2.45, 2.75) is 6.42 Å². The Morgan fingerprint density at radius 3 is 2.48 bits per heavy atom. The van der Waals surface area contributed by atoms with Gasteiger partial charge < -0.3 is 15.1 Å². The van der Waals surface area contributed by atoms with Gasteiger partial charge in [0.15, 0.2) is 0 Å². The van der Waals surface area contributed by atoms with E-state index in [1.807, 2.05) is 0 Å². The highest BCUT2D eigenvalue weighted by molar-refractivity contribution is 6.29. The molecule has 0 radical (unpaired) electrons. The van der Waals surface area contributed by atoms with Gasteiger partial charge in [-0.3, -0.25) is 14.4 Å². The fraction of sp³-hybridized carbons (Fsp3) is 0.385. The van der Waals surface area contributed by atoms with Gasteiger partial charge in [-0.2, -0.15) is 0 Å². The molecule has 1 aliphatic heterocycles. The fourth-order valence-electron chi connectivity index (χ4n) is 2.40. The lowest BCUT2D eigenvalue weighted by molar-refractivity contribution is -0.156. The highest BCUT2D eigenvalue weighted by Gasteiger charge is 2.40. The molecule has 0 saturated carbocycles. The van der Waals surface area contributed by atoms with Crippen molar-refractivity contribution >= 4 is 29.4 Å². The standard InChI is InChI=1S/C13H13ClN2O5/c14-10-5-7(1-3-15-10)11(17)16-4-2-8(12(18)19)9(6-16)13(20)21/h1,3,5,8-9H,2,4,6H2,(H,18,19)(H,20,21). The minimum atomic E-state index is -1.22. The number of rotatable bonds is 3. The first-order valence-corrected chi connectivity index (χ1v) is 6.64. The Bertz CT molecular complexity index is 592. The number of carboxylic acid groups (broad SMARTS) is 2. The summed E-state index contributed by atoms with van der Waals surface area (Å²) >= 11 is 5.72. The fourth-order valence-corrected chi connectivity index (χ4v) is 2.57. The molecule has 0 bridgehead atoms. The number of aliphatic carboxylic acids is 2. The van der Waals surface area contributed by atoms with Gasteiger partial charge in [0.05, 0.1) is 11.8 Å². The van der Waals surface area contributed by atoms with E-state index in [0.29, 0.717) is 5.56 Å². The Hall–Kier alpha value is -2.15. The molecular weight excluding hydrogens is 300 g/mol. The molecule has 8 heteroatoms. The third-order valence-corrected chi connectivity index (χ3v) is 3.71. The van der Waals surface area contributed by atoms with Crippen LogP contribution in [0.25, 0.3) is 0 Å². The lowest BCUT2D eigenvalue weighted by Gasteiger charge is -2.34. The maximum atomic E-state index is 12.3. The maximum Gasteiger partial charge on any atom is 0.309 e. The Balaban J connectivity index is 2.17. The molecule has 2 unspecified atom stereocenters. The lowest BCUT2D eigenvalue weighted by atomic mass is 9.85. The second kappa shape index (κ2) is 6.09. The summed E-state index contributed by atoms with van der Waals surface area (Å²) in [6, 6.07) is 2.87. The van der Waals surface area contributed by atoms with Crippen molar-refractivity contribution in [3.8, 4) is 0 Å². The predicted octanol–water partition coefficient (Wildman–Crippen LogP) is 0.982. The number of carbonyl (C=O) groups excluding carboxylic acids is 1. The van der Waals surface area contributed by atoms with E-state index in [9.17, 15) is 14.4 Å². The third-order valence-electron chi connectivity index (χ3n) is 3.51. The van der Waals surface area contributed by atoms with E-state index >= 15 is 0 Å². The molecule has 2 heterocycles. The number of aromatic nitrogens is 1. The van der Waals surface area contributed by atoms with Crippen molar-refractivity contribution in [3.63, 3.8) is 0 Å². The van der Waals surface area contributed by atoms with Gasteiger partial charge in [-0.05, 0) is 18.6 Å². The molecule has 1 aliphatic rings. The topological polar surface area (TPSA) is 108 Å². The van der Waals surface area contributed by atoms with Crippen molar-refractivity contribution in [2.24, 2.45) is 11.8 Å². The Labute approximate surface area is 125 Å². The van der Waals surface area contributed by atoms with Gasteiger partial charge in [-0.25, -0.2) is 4.98 Å². The van der Waals surface area contributed by atoms with Gasteiger partial charge in [-0.15, -0.1) is 0 Å². The summed E-state index contributed by atoms with van der Waals surface area (Å²) < 4.78 is 0. The number of amides is 1. The van der Waals surface area contributed by atoms with E-state index in [1.54, 1.807) is 0 Å². The van der Waals surface area contributed by atoms with E-state index in [1.165, 1.54) is 23.2 Å². The second-order valence-electron chi connectivity index (χ2n) is 4.80. The van der Waals surface area contributed by atoms with Gasteiger partial charge in [0, 0.05) is 24.8 Å². The molecule has 2 rings (SSSR count). The monoisotopic (exact) mass is 312 g/mol. The van der Waals surface area contributed by atoms with Crippen LogP contribution in [0.5, 0.6) is 0 Å². The van der Waals surface area contributed by atoms with Crippen LogP contribution < -0.4 is 0 Å². The number of halogens is 1. The molecule has 0 spiro atoms. The van der Waals surface area contributed by atoms with Crippen LogP contribution in [0, 0.1) is 11.8 Å². The summed E-state index contributed by atoms with van der Waals surface area (Å²) in [5.74, 6) is -4.84. The number of carboxylic acids is 2. The number of nitrogens with zero attached hydrogens (tertiary/aromatic N) is 2. The Kier molecular flexibility index (Phi) is 4.42. The molecule has 112 valence electrons. The van der Waals surface area contributed by atoms with Crippen LogP contribution in [-0.4, -0.2) is 51.0 Å². The molecule has 21 heavy (non-hydrogen) atoms. The van der Waals surface area contributed by atoms with Gasteiger partial charge in [0.1, 0.15) is 5.15 Å². The smallest absolute Gasteiger partial charge is 0.309 e. The Morgan fingerprint density at radius 2 is 1.90 bits per heavy atom. The normalized spacial score (nSPS) is 21.9. The van der Waals surface area contributed by atoms with Crippen LogP contribution in [-0.2, 0) is 9.59 Å². The van der Waals surface area contributed by atoms with E-state index in [-0.39, 0.29) is 30.6 Å². The molecular formula is C13H13ClN2O5. The summed E-state index contributed by atoms with van der Waals surface area (Å²) in [5.41, 5.74) is 0.299. The number of likely N-dealkylation sites (tertiary alicyclic amines) is 1. The van der Waals surface area contributed by atoms with Crippen LogP contribution in [0.1, 0.15) is 16.8 Å². The van der Waals surface area contributed by atoms with Crippen LogP contribution in [0.15, 0.2) is 18.3 Å². The first-order chi connectivity index (χ1) is 9.90. The third kappa shape index (κ3) is 3.30. The SMILES string of the molecule is O=C(O)C1CCN(C(=O)c2ccnc(Cl)c2)CC1C(=O)O. The van der Waals surface area contributed by atoms with Crippen LogP contribution in [0.4, 0.5) is 0 Å². The van der Waals surface area contributed by atoms with Crippen molar-refractivity contribution in [1.82, 2.24) is 9.88 Å². The average Bonchev–Trinajstić information content (AvgIpc) is 2.45. The molecule has 1 fully saturated rings. The first kappa shape index (κ1) is 15.2. The number of hydrogen-bond donors (Lipinski definition) is 2. The number of hydrogen-bond acceptors (Lipinski definition) is 4. The molecule has 1 saturated heterocycles. The zero-order valence-electron chi connectivity index (χ0n) is 10.9. The summed E-state index contributed by atoms with van der Waals surface area (Å²) in [5, 5.41) is 18.3. The number of carbonyl (C=O) groups is 3. The second-order valence-corrected chi connectivity index (χ2v) is 5.18. The van der Waals surface area contributed by atoms with Crippen molar-refractivity contribution in [1.29, 1.82) is 0 Å². The quantitative estimate of drug-likeness (QED) is 0.806. The largest absolute Gasteiger partial charge is 0.481 e. The molecule has 1 aromatic rings. The average molecular weight is 313 g/mol. The van der Waals surface area contributed by atoms with Crippen LogP contribution in [0.3, 0.4) is 0 Å². The van der Waals surface area contributed by atoms with Gasteiger partial charge in [0.2, 0.25) is 0 Å². The Morgan fingerprint density at radius 1 is 1.24 bits per heavy atom. The molecule has 0 aromatic carbocycles. The van der Waals surface area contributed by atoms with Crippen molar-refractivity contribution in [2.75, 3.05) is 13.1 Å². The molecule has 7 nitrogen and oxygen atoms in total. The summed E-state index contributed by atoms with van der Waals surface area (Å²) in [6.07, 6.45) is 1.49. The molecule has 2 N–H and O–H groups in total. The minimum absolute atomic E-state index is 0.108. The first-order valence-electron chi connectivity index (χ1n) is 6.26. The van der Waals surface area contributed by atoms with Crippen LogP contribution in [0.2, 0.25) is 5.15 Å².